The standard InChI is InChI=1S/C17H24N4O3S/c1-20-12-9-18-17(20)16(22)15-7-10-21(11-8-15)25(23,24)19-13-14-5-3-2-4-6-14/h2-6,9,12,15-16,19,22H,7-8,10-11,13H2,1H3/t16-/m0/s1. The molecule has 3 rings (SSSR count). The smallest absolute Gasteiger partial charge is 0.279 e. The van der Waals surface area contributed by atoms with Gasteiger partial charge in [0.2, 0.25) is 0 Å². The van der Waals surface area contributed by atoms with E-state index in [2.05, 4.69) is 9.71 Å². The summed E-state index contributed by atoms with van der Waals surface area (Å²) in [6, 6.07) is 9.44. The Hall–Kier alpha value is -1.74. The molecule has 0 bridgehead atoms. The predicted octanol–water partition coefficient (Wildman–Crippen LogP) is 1.20. The fourth-order valence-electron chi connectivity index (χ4n) is 3.17. The third kappa shape index (κ3) is 4.27. The normalized spacial score (nSPS) is 18.3. The number of benzene rings is 1. The van der Waals surface area contributed by atoms with E-state index in [0.29, 0.717) is 31.8 Å². The first kappa shape index (κ1) is 18.1. The maximum Gasteiger partial charge on any atom is 0.279 e. The van der Waals surface area contributed by atoms with Crippen LogP contribution >= 0.6 is 0 Å². The van der Waals surface area contributed by atoms with Gasteiger partial charge in [-0.3, -0.25) is 0 Å². The van der Waals surface area contributed by atoms with E-state index in [1.54, 1.807) is 17.0 Å². The molecule has 0 amide bonds. The van der Waals surface area contributed by atoms with Gasteiger partial charge in [-0.25, -0.2) is 4.98 Å². The molecule has 1 atom stereocenters. The van der Waals surface area contributed by atoms with Crippen LogP contribution in [0.4, 0.5) is 0 Å². The molecule has 1 aromatic carbocycles. The number of nitrogens with zero attached hydrogens (tertiary/aromatic N) is 3. The minimum absolute atomic E-state index is 0.0154. The zero-order valence-electron chi connectivity index (χ0n) is 14.2. The van der Waals surface area contributed by atoms with Gasteiger partial charge in [0, 0.05) is 39.1 Å². The molecular weight excluding hydrogens is 340 g/mol. The fourth-order valence-corrected chi connectivity index (χ4v) is 4.39. The van der Waals surface area contributed by atoms with Gasteiger partial charge in [-0.1, -0.05) is 30.3 Å². The minimum Gasteiger partial charge on any atom is -0.385 e. The Balaban J connectivity index is 1.55. The predicted molar refractivity (Wildman–Crippen MR) is 94.7 cm³/mol. The highest BCUT2D eigenvalue weighted by atomic mass is 32.2. The first-order valence-electron chi connectivity index (χ1n) is 8.41. The molecule has 0 radical (unpaired) electrons. The maximum absolute atomic E-state index is 12.5. The lowest BCUT2D eigenvalue weighted by atomic mass is 9.92. The van der Waals surface area contributed by atoms with E-state index in [0.717, 1.165) is 5.56 Å². The van der Waals surface area contributed by atoms with Crippen LogP contribution in [0.5, 0.6) is 0 Å². The Labute approximate surface area is 148 Å². The molecule has 1 fully saturated rings. The number of aryl methyl sites for hydroxylation is 1. The van der Waals surface area contributed by atoms with Crippen molar-refractivity contribution in [2.24, 2.45) is 13.0 Å². The Kier molecular flexibility index (Phi) is 5.53. The molecule has 136 valence electrons. The fraction of sp³-hybridized carbons (Fsp3) is 0.471. The SMILES string of the molecule is Cn1ccnc1[C@@H](O)C1CCN(S(=O)(=O)NCc2ccccc2)CC1. The number of rotatable bonds is 6. The molecule has 0 unspecified atom stereocenters. The molecule has 1 aliphatic rings. The van der Waals surface area contributed by atoms with E-state index < -0.39 is 16.3 Å². The molecule has 7 nitrogen and oxygen atoms in total. The summed E-state index contributed by atoms with van der Waals surface area (Å²) in [7, 11) is -1.67. The molecule has 1 aliphatic heterocycles. The van der Waals surface area contributed by atoms with Crippen LogP contribution in [0.15, 0.2) is 42.7 Å². The molecule has 1 saturated heterocycles. The summed E-state index contributed by atoms with van der Waals surface area (Å²) in [5.41, 5.74) is 0.922. The average Bonchev–Trinajstić information content (AvgIpc) is 3.06. The van der Waals surface area contributed by atoms with Crippen LogP contribution < -0.4 is 4.72 Å². The van der Waals surface area contributed by atoms with Crippen molar-refractivity contribution >= 4 is 10.2 Å². The van der Waals surface area contributed by atoms with E-state index in [1.165, 1.54) is 4.31 Å². The number of nitrogens with one attached hydrogen (secondary N) is 1. The first-order chi connectivity index (χ1) is 12.0. The summed E-state index contributed by atoms with van der Waals surface area (Å²) in [6.45, 7) is 1.07. The van der Waals surface area contributed by atoms with Gasteiger partial charge >= 0.3 is 0 Å². The number of aliphatic hydroxyl groups excluding tert-OH is 1. The molecule has 2 N–H and O–H groups in total. The largest absolute Gasteiger partial charge is 0.385 e. The molecule has 0 spiro atoms. The van der Waals surface area contributed by atoms with E-state index >= 15 is 0 Å². The quantitative estimate of drug-likeness (QED) is 0.806. The van der Waals surface area contributed by atoms with Crippen molar-refractivity contribution in [1.82, 2.24) is 18.6 Å². The van der Waals surface area contributed by atoms with Crippen LogP contribution in [0.3, 0.4) is 0 Å². The number of imidazole rings is 1. The molecule has 8 heteroatoms. The minimum atomic E-state index is -3.51. The molecule has 1 aromatic heterocycles. The number of aliphatic hydroxyl groups is 1. The van der Waals surface area contributed by atoms with Gasteiger partial charge in [-0.15, -0.1) is 0 Å². The molecule has 2 heterocycles. The van der Waals surface area contributed by atoms with Crippen LogP contribution in [-0.2, 0) is 23.8 Å². The summed E-state index contributed by atoms with van der Waals surface area (Å²) < 4.78 is 30.8. The van der Waals surface area contributed by atoms with Crippen molar-refractivity contribution in [2.75, 3.05) is 13.1 Å². The molecule has 2 aromatic rings. The van der Waals surface area contributed by atoms with Crippen LogP contribution in [0.2, 0.25) is 0 Å². The number of hydrogen-bond acceptors (Lipinski definition) is 4. The summed E-state index contributed by atoms with van der Waals surface area (Å²) in [6.07, 6.45) is 4.01. The maximum atomic E-state index is 12.5. The van der Waals surface area contributed by atoms with Gasteiger partial charge in [-0.2, -0.15) is 17.4 Å². The molecule has 0 aliphatic carbocycles. The second-order valence-electron chi connectivity index (χ2n) is 6.39. The Morgan fingerprint density at radius 3 is 2.56 bits per heavy atom. The van der Waals surface area contributed by atoms with Gasteiger partial charge in [0.1, 0.15) is 11.9 Å². The van der Waals surface area contributed by atoms with E-state index in [-0.39, 0.29) is 12.5 Å². The second-order valence-corrected chi connectivity index (χ2v) is 8.14. The van der Waals surface area contributed by atoms with Crippen molar-refractivity contribution in [3.63, 3.8) is 0 Å². The highest BCUT2D eigenvalue weighted by Gasteiger charge is 2.32. The Morgan fingerprint density at radius 1 is 1.28 bits per heavy atom. The van der Waals surface area contributed by atoms with Crippen LogP contribution in [-0.4, -0.2) is 40.5 Å². The monoisotopic (exact) mass is 364 g/mol. The van der Waals surface area contributed by atoms with Gasteiger partial charge in [0.05, 0.1) is 0 Å². The van der Waals surface area contributed by atoms with Crippen LogP contribution in [0.1, 0.15) is 30.3 Å². The summed E-state index contributed by atoms with van der Waals surface area (Å²) in [5, 5.41) is 10.5. The summed E-state index contributed by atoms with van der Waals surface area (Å²) >= 11 is 0. The highest BCUT2D eigenvalue weighted by molar-refractivity contribution is 7.87. The summed E-state index contributed by atoms with van der Waals surface area (Å²) in [4.78, 5) is 4.19. The Bertz CT molecular complexity index is 783. The van der Waals surface area contributed by atoms with Gasteiger partial charge in [0.15, 0.2) is 0 Å². The zero-order chi connectivity index (χ0) is 17.9. The number of hydrogen-bond donors (Lipinski definition) is 2. The van der Waals surface area contributed by atoms with Crippen molar-refractivity contribution in [1.29, 1.82) is 0 Å². The highest BCUT2D eigenvalue weighted by Crippen LogP contribution is 2.30. The summed E-state index contributed by atoms with van der Waals surface area (Å²) in [5.74, 6) is 0.644. The lowest BCUT2D eigenvalue weighted by molar-refractivity contribution is 0.0666. The van der Waals surface area contributed by atoms with E-state index in [9.17, 15) is 13.5 Å². The molecule has 25 heavy (non-hydrogen) atoms. The van der Waals surface area contributed by atoms with Gasteiger partial charge < -0.3 is 9.67 Å². The van der Waals surface area contributed by atoms with E-state index in [1.807, 2.05) is 37.4 Å². The van der Waals surface area contributed by atoms with Gasteiger partial charge in [-0.05, 0) is 24.3 Å². The van der Waals surface area contributed by atoms with E-state index in [4.69, 9.17) is 0 Å². The lowest BCUT2D eigenvalue weighted by Gasteiger charge is -2.33. The number of piperidine rings is 1. The third-order valence-electron chi connectivity index (χ3n) is 4.71. The molecular formula is C17H24N4O3S. The van der Waals surface area contributed by atoms with Crippen LogP contribution in [0, 0.1) is 5.92 Å². The second kappa shape index (κ2) is 7.65. The first-order valence-corrected chi connectivity index (χ1v) is 9.85. The van der Waals surface area contributed by atoms with Crippen molar-refractivity contribution in [2.45, 2.75) is 25.5 Å². The van der Waals surface area contributed by atoms with Crippen molar-refractivity contribution in [3.05, 3.63) is 54.1 Å². The van der Waals surface area contributed by atoms with Crippen LogP contribution in [0.25, 0.3) is 0 Å². The number of aromatic nitrogens is 2. The lowest BCUT2D eigenvalue weighted by Crippen LogP contribution is -2.45. The molecule has 0 saturated carbocycles. The van der Waals surface area contributed by atoms with Crippen molar-refractivity contribution in [3.8, 4) is 0 Å². The zero-order valence-corrected chi connectivity index (χ0v) is 15.1. The topological polar surface area (TPSA) is 87.5 Å². The van der Waals surface area contributed by atoms with Gasteiger partial charge in [0.25, 0.3) is 10.2 Å². The third-order valence-corrected chi connectivity index (χ3v) is 6.26. The van der Waals surface area contributed by atoms with Crippen molar-refractivity contribution < 1.29 is 13.5 Å². The average molecular weight is 364 g/mol. The Morgan fingerprint density at radius 2 is 1.96 bits per heavy atom.